The van der Waals surface area contributed by atoms with E-state index in [2.05, 4.69) is 25.3 Å². The van der Waals surface area contributed by atoms with Crippen LogP contribution in [0.15, 0.2) is 24.9 Å². The zero-order valence-electron chi connectivity index (χ0n) is 11.0. The van der Waals surface area contributed by atoms with Crippen molar-refractivity contribution >= 4 is 12.0 Å². The summed E-state index contributed by atoms with van der Waals surface area (Å²) in [6, 6.07) is 0. The van der Waals surface area contributed by atoms with Gasteiger partial charge in [-0.3, -0.25) is 5.32 Å². The van der Waals surface area contributed by atoms with Gasteiger partial charge < -0.3 is 9.72 Å². The number of rotatable bonds is 2. The first-order valence-corrected chi connectivity index (χ1v) is 5.75. The van der Waals surface area contributed by atoms with Gasteiger partial charge in [-0.15, -0.1) is 0 Å². The standard InChI is InChI=1S/C12H15N5O2/c1-12(2,3)19-11(18)17-10-14-4-8(5-15-10)9-6-13-7-16-9/h4-7H,1-3H3,(H,13,16)(H,14,15,17,18). The Labute approximate surface area is 110 Å². The molecule has 2 N–H and O–H groups in total. The number of amides is 1. The lowest BCUT2D eigenvalue weighted by Crippen LogP contribution is -2.27. The van der Waals surface area contributed by atoms with Gasteiger partial charge in [0.25, 0.3) is 0 Å². The van der Waals surface area contributed by atoms with Crippen molar-refractivity contribution in [2.45, 2.75) is 26.4 Å². The zero-order chi connectivity index (χ0) is 13.9. The van der Waals surface area contributed by atoms with E-state index < -0.39 is 11.7 Å². The number of H-pyrrole nitrogens is 1. The molecule has 7 heteroatoms. The van der Waals surface area contributed by atoms with Crippen molar-refractivity contribution in [3.63, 3.8) is 0 Å². The van der Waals surface area contributed by atoms with Gasteiger partial charge in [0.05, 0.1) is 18.2 Å². The van der Waals surface area contributed by atoms with Crippen LogP contribution in [0.25, 0.3) is 11.3 Å². The summed E-state index contributed by atoms with van der Waals surface area (Å²) in [6.45, 7) is 5.36. The molecule has 0 unspecified atom stereocenters. The van der Waals surface area contributed by atoms with E-state index in [0.717, 1.165) is 11.3 Å². The maximum atomic E-state index is 11.5. The third-order valence-electron chi connectivity index (χ3n) is 2.07. The molecular formula is C12H15N5O2. The highest BCUT2D eigenvalue weighted by molar-refractivity contribution is 5.82. The van der Waals surface area contributed by atoms with Gasteiger partial charge in [0.2, 0.25) is 5.95 Å². The van der Waals surface area contributed by atoms with Crippen LogP contribution >= 0.6 is 0 Å². The minimum absolute atomic E-state index is 0.192. The van der Waals surface area contributed by atoms with E-state index in [0.29, 0.717) is 0 Å². The van der Waals surface area contributed by atoms with E-state index in [1.54, 1.807) is 45.7 Å². The van der Waals surface area contributed by atoms with E-state index in [-0.39, 0.29) is 5.95 Å². The second kappa shape index (κ2) is 5.05. The largest absolute Gasteiger partial charge is 0.444 e. The first-order chi connectivity index (χ1) is 8.94. The molecule has 0 aliphatic rings. The number of carbonyl (C=O) groups is 1. The van der Waals surface area contributed by atoms with Gasteiger partial charge in [0.1, 0.15) is 5.60 Å². The molecule has 2 aromatic rings. The first kappa shape index (κ1) is 13.0. The second-order valence-electron chi connectivity index (χ2n) is 4.89. The Morgan fingerprint density at radius 1 is 1.26 bits per heavy atom. The molecule has 100 valence electrons. The van der Waals surface area contributed by atoms with Crippen molar-refractivity contribution in [2.24, 2.45) is 0 Å². The molecule has 2 rings (SSSR count). The third-order valence-corrected chi connectivity index (χ3v) is 2.07. The van der Waals surface area contributed by atoms with Crippen molar-refractivity contribution in [2.75, 3.05) is 5.32 Å². The van der Waals surface area contributed by atoms with E-state index in [9.17, 15) is 4.79 Å². The van der Waals surface area contributed by atoms with Crippen LogP contribution in [0.2, 0.25) is 0 Å². The maximum absolute atomic E-state index is 11.5. The Hall–Kier alpha value is -2.44. The number of nitrogens with zero attached hydrogens (tertiary/aromatic N) is 3. The van der Waals surface area contributed by atoms with Crippen LogP contribution in [0.1, 0.15) is 20.8 Å². The van der Waals surface area contributed by atoms with Gasteiger partial charge in [-0.25, -0.2) is 19.7 Å². The Kier molecular flexibility index (Phi) is 3.46. The van der Waals surface area contributed by atoms with E-state index in [1.807, 2.05) is 0 Å². The average molecular weight is 261 g/mol. The van der Waals surface area contributed by atoms with Crippen molar-refractivity contribution in [3.05, 3.63) is 24.9 Å². The molecule has 7 nitrogen and oxygen atoms in total. The summed E-state index contributed by atoms with van der Waals surface area (Å²) in [5.41, 5.74) is 1.04. The van der Waals surface area contributed by atoms with Crippen LogP contribution in [0.4, 0.5) is 10.7 Å². The zero-order valence-corrected chi connectivity index (χ0v) is 11.0. The molecule has 0 aromatic carbocycles. The van der Waals surface area contributed by atoms with Crippen molar-refractivity contribution in [1.29, 1.82) is 0 Å². The number of anilines is 1. The highest BCUT2D eigenvalue weighted by Crippen LogP contribution is 2.14. The highest BCUT2D eigenvalue weighted by atomic mass is 16.6. The summed E-state index contributed by atoms with van der Waals surface area (Å²) >= 11 is 0. The topological polar surface area (TPSA) is 92.8 Å². The number of ether oxygens (including phenoxy) is 1. The van der Waals surface area contributed by atoms with Gasteiger partial charge in [-0.1, -0.05) is 0 Å². The monoisotopic (exact) mass is 261 g/mol. The molecule has 19 heavy (non-hydrogen) atoms. The van der Waals surface area contributed by atoms with E-state index in [1.165, 1.54) is 0 Å². The lowest BCUT2D eigenvalue weighted by molar-refractivity contribution is 0.0634. The number of nitrogens with one attached hydrogen (secondary N) is 2. The number of hydrogen-bond acceptors (Lipinski definition) is 5. The quantitative estimate of drug-likeness (QED) is 0.864. The molecule has 0 saturated carbocycles. The molecule has 0 aliphatic heterocycles. The van der Waals surface area contributed by atoms with Gasteiger partial charge in [-0.2, -0.15) is 0 Å². The summed E-state index contributed by atoms with van der Waals surface area (Å²) < 4.78 is 5.10. The summed E-state index contributed by atoms with van der Waals surface area (Å²) in [5, 5.41) is 2.46. The summed E-state index contributed by atoms with van der Waals surface area (Å²) in [4.78, 5) is 26.4. The van der Waals surface area contributed by atoms with Crippen LogP contribution in [0.5, 0.6) is 0 Å². The molecular weight excluding hydrogens is 246 g/mol. The lowest BCUT2D eigenvalue weighted by Gasteiger charge is -2.19. The maximum Gasteiger partial charge on any atom is 0.414 e. The van der Waals surface area contributed by atoms with E-state index in [4.69, 9.17) is 4.74 Å². The van der Waals surface area contributed by atoms with Crippen LogP contribution < -0.4 is 5.32 Å². The van der Waals surface area contributed by atoms with Gasteiger partial charge in [0, 0.05) is 18.0 Å². The molecule has 2 aromatic heterocycles. The fourth-order valence-corrected chi connectivity index (χ4v) is 1.34. The molecule has 0 atom stereocenters. The molecule has 0 spiro atoms. The number of hydrogen-bond donors (Lipinski definition) is 2. The summed E-state index contributed by atoms with van der Waals surface area (Å²) in [7, 11) is 0. The summed E-state index contributed by atoms with van der Waals surface area (Å²) in [6.07, 6.45) is 5.84. The third kappa shape index (κ3) is 3.77. The van der Waals surface area contributed by atoms with Crippen molar-refractivity contribution in [1.82, 2.24) is 19.9 Å². The first-order valence-electron chi connectivity index (χ1n) is 5.75. The Bertz CT molecular complexity index is 542. The molecule has 0 saturated heterocycles. The number of carbonyl (C=O) groups excluding carboxylic acids is 1. The van der Waals surface area contributed by atoms with Gasteiger partial charge in [-0.05, 0) is 20.8 Å². The van der Waals surface area contributed by atoms with Crippen LogP contribution in [-0.4, -0.2) is 31.6 Å². The van der Waals surface area contributed by atoms with Crippen molar-refractivity contribution in [3.8, 4) is 11.3 Å². The average Bonchev–Trinajstić information content (AvgIpc) is 2.80. The van der Waals surface area contributed by atoms with Crippen molar-refractivity contribution < 1.29 is 9.53 Å². The Balaban J connectivity index is 2.01. The molecule has 0 aliphatic carbocycles. The van der Waals surface area contributed by atoms with E-state index >= 15 is 0 Å². The summed E-state index contributed by atoms with van der Waals surface area (Å²) in [5.74, 6) is 0.192. The predicted molar refractivity (Wildman–Crippen MR) is 69.5 cm³/mol. The molecule has 0 bridgehead atoms. The fourth-order valence-electron chi connectivity index (χ4n) is 1.34. The second-order valence-corrected chi connectivity index (χ2v) is 4.89. The predicted octanol–water partition coefficient (Wildman–Crippen LogP) is 2.21. The highest BCUT2D eigenvalue weighted by Gasteiger charge is 2.16. The normalized spacial score (nSPS) is 11.1. The Morgan fingerprint density at radius 2 is 1.95 bits per heavy atom. The smallest absolute Gasteiger partial charge is 0.414 e. The van der Waals surface area contributed by atoms with Crippen LogP contribution in [0, 0.1) is 0 Å². The Morgan fingerprint density at radius 3 is 2.47 bits per heavy atom. The molecule has 2 heterocycles. The molecule has 0 radical (unpaired) electrons. The SMILES string of the molecule is CC(C)(C)OC(=O)Nc1ncc(-c2cnc[nH]2)cn1. The van der Waals surface area contributed by atoms with Crippen LogP contribution in [-0.2, 0) is 4.74 Å². The van der Waals surface area contributed by atoms with Crippen LogP contribution in [0.3, 0.4) is 0 Å². The molecule has 1 amide bonds. The fraction of sp³-hybridized carbons (Fsp3) is 0.333. The lowest BCUT2D eigenvalue weighted by atomic mass is 10.2. The number of imidazole rings is 1. The minimum Gasteiger partial charge on any atom is -0.444 e. The molecule has 0 fully saturated rings. The number of aromatic amines is 1. The van der Waals surface area contributed by atoms with Gasteiger partial charge in [0.15, 0.2) is 0 Å². The van der Waals surface area contributed by atoms with Gasteiger partial charge >= 0.3 is 6.09 Å². The number of aromatic nitrogens is 4. The minimum atomic E-state index is -0.582.